The zero-order chi connectivity index (χ0) is 16.6. The van der Waals surface area contributed by atoms with Crippen molar-refractivity contribution in [1.82, 2.24) is 5.32 Å². The van der Waals surface area contributed by atoms with E-state index in [1.807, 2.05) is 18.2 Å². The van der Waals surface area contributed by atoms with Crippen molar-refractivity contribution >= 4 is 17.2 Å². The molecule has 0 fully saturated rings. The van der Waals surface area contributed by atoms with Crippen LogP contribution in [0.25, 0.3) is 0 Å². The number of fused-ring (bicyclic) bond motifs is 2. The van der Waals surface area contributed by atoms with Crippen LogP contribution in [0.1, 0.15) is 56.9 Å². The summed E-state index contributed by atoms with van der Waals surface area (Å²) in [6.07, 6.45) is 7.48. The molecule has 4 heteroatoms. The summed E-state index contributed by atoms with van der Waals surface area (Å²) in [6, 6.07) is 10.1. The molecule has 2 N–H and O–H groups in total. The molecule has 1 atom stereocenters. The fraction of sp³-hybridized carbons (Fsp3) is 0.450. The summed E-state index contributed by atoms with van der Waals surface area (Å²) in [5, 5.41) is 13.9. The number of amides is 1. The second-order valence-electron chi connectivity index (χ2n) is 6.99. The normalized spacial score (nSPS) is 22.5. The molecule has 2 aliphatic carbocycles. The molecule has 0 unspecified atom stereocenters. The summed E-state index contributed by atoms with van der Waals surface area (Å²) in [7, 11) is 0. The highest BCUT2D eigenvalue weighted by Crippen LogP contribution is 2.36. The smallest absolute Gasteiger partial charge is 0.261 e. The molecular weight excluding hydrogens is 318 g/mol. The number of benzene rings is 1. The molecular formula is C20H23NO2S. The van der Waals surface area contributed by atoms with E-state index in [0.29, 0.717) is 6.42 Å². The van der Waals surface area contributed by atoms with Crippen molar-refractivity contribution in [2.75, 3.05) is 6.54 Å². The minimum Gasteiger partial charge on any atom is -0.383 e. The lowest BCUT2D eigenvalue weighted by molar-refractivity contribution is 0.0370. The maximum absolute atomic E-state index is 12.5. The Kier molecular flexibility index (Phi) is 4.19. The van der Waals surface area contributed by atoms with Gasteiger partial charge in [0.05, 0.1) is 11.4 Å². The highest BCUT2D eigenvalue weighted by atomic mass is 32.1. The van der Waals surface area contributed by atoms with E-state index in [2.05, 4.69) is 17.4 Å². The van der Waals surface area contributed by atoms with Gasteiger partial charge >= 0.3 is 0 Å². The number of aryl methyl sites for hydroxylation is 3. The predicted octanol–water partition coefficient (Wildman–Crippen LogP) is 3.58. The largest absolute Gasteiger partial charge is 0.383 e. The van der Waals surface area contributed by atoms with Gasteiger partial charge in [0.15, 0.2) is 0 Å². The van der Waals surface area contributed by atoms with E-state index in [-0.39, 0.29) is 12.5 Å². The quantitative estimate of drug-likeness (QED) is 0.839. The third-order valence-electron chi connectivity index (χ3n) is 5.34. The number of nitrogens with one attached hydrogen (secondary N) is 1. The average molecular weight is 341 g/mol. The number of thiophene rings is 1. The molecule has 0 saturated carbocycles. The highest BCUT2D eigenvalue weighted by molar-refractivity contribution is 7.14. The van der Waals surface area contributed by atoms with Crippen molar-refractivity contribution in [3.05, 3.63) is 56.8 Å². The Morgan fingerprint density at radius 2 is 1.96 bits per heavy atom. The lowest BCUT2D eigenvalue weighted by Crippen LogP contribution is -2.39. The minimum atomic E-state index is -0.930. The fourth-order valence-corrected chi connectivity index (χ4v) is 5.11. The monoisotopic (exact) mass is 341 g/mol. The van der Waals surface area contributed by atoms with E-state index in [4.69, 9.17) is 0 Å². The van der Waals surface area contributed by atoms with Crippen molar-refractivity contribution in [3.63, 3.8) is 0 Å². The molecule has 0 spiro atoms. The van der Waals surface area contributed by atoms with Gasteiger partial charge in [-0.15, -0.1) is 11.3 Å². The van der Waals surface area contributed by atoms with Crippen LogP contribution in [0.5, 0.6) is 0 Å². The van der Waals surface area contributed by atoms with E-state index in [1.165, 1.54) is 35.3 Å². The Hall–Kier alpha value is -1.65. The molecule has 0 saturated heterocycles. The number of rotatable bonds is 3. The van der Waals surface area contributed by atoms with Gasteiger partial charge in [-0.25, -0.2) is 0 Å². The fourth-order valence-electron chi connectivity index (χ4n) is 3.94. The summed E-state index contributed by atoms with van der Waals surface area (Å²) in [5.74, 6) is -0.0501. The van der Waals surface area contributed by atoms with E-state index in [1.54, 1.807) is 11.3 Å². The second-order valence-corrected chi connectivity index (χ2v) is 8.13. The van der Waals surface area contributed by atoms with E-state index in [9.17, 15) is 9.90 Å². The summed E-state index contributed by atoms with van der Waals surface area (Å²) in [4.78, 5) is 14.7. The van der Waals surface area contributed by atoms with Crippen LogP contribution in [0, 0.1) is 0 Å². The zero-order valence-electron chi connectivity index (χ0n) is 13.8. The Morgan fingerprint density at radius 1 is 1.12 bits per heavy atom. The Balaban J connectivity index is 1.46. The van der Waals surface area contributed by atoms with Crippen molar-refractivity contribution < 1.29 is 9.90 Å². The molecule has 1 aromatic heterocycles. The van der Waals surface area contributed by atoms with Crippen LogP contribution in [0.15, 0.2) is 30.3 Å². The summed E-state index contributed by atoms with van der Waals surface area (Å²) >= 11 is 1.63. The maximum atomic E-state index is 12.5. The van der Waals surface area contributed by atoms with Crippen molar-refractivity contribution in [3.8, 4) is 0 Å². The molecule has 1 aromatic carbocycles. The molecule has 2 aliphatic rings. The van der Waals surface area contributed by atoms with Gasteiger partial charge in [-0.1, -0.05) is 30.7 Å². The predicted molar refractivity (Wildman–Crippen MR) is 96.6 cm³/mol. The summed E-state index contributed by atoms with van der Waals surface area (Å²) in [6.45, 7) is 0.283. The molecule has 24 heavy (non-hydrogen) atoms. The molecule has 1 heterocycles. The van der Waals surface area contributed by atoms with Gasteiger partial charge in [0, 0.05) is 4.88 Å². The highest BCUT2D eigenvalue weighted by Gasteiger charge is 2.36. The van der Waals surface area contributed by atoms with Crippen LogP contribution < -0.4 is 5.32 Å². The third-order valence-corrected chi connectivity index (χ3v) is 6.57. The van der Waals surface area contributed by atoms with Crippen molar-refractivity contribution in [2.45, 2.75) is 50.5 Å². The van der Waals surface area contributed by atoms with Crippen molar-refractivity contribution in [2.24, 2.45) is 0 Å². The maximum Gasteiger partial charge on any atom is 0.261 e. The van der Waals surface area contributed by atoms with Crippen LogP contribution in [-0.2, 0) is 24.9 Å². The number of aliphatic hydroxyl groups is 1. The summed E-state index contributed by atoms with van der Waals surface area (Å²) in [5.41, 5.74) is 2.58. The van der Waals surface area contributed by atoms with Gasteiger partial charge in [-0.3, -0.25) is 4.79 Å². The Bertz CT molecular complexity index is 743. The Morgan fingerprint density at radius 3 is 2.88 bits per heavy atom. The first kappa shape index (κ1) is 15.9. The van der Waals surface area contributed by atoms with Crippen LogP contribution in [-0.4, -0.2) is 17.6 Å². The van der Waals surface area contributed by atoms with Gasteiger partial charge in [-0.2, -0.15) is 0 Å². The van der Waals surface area contributed by atoms with E-state index in [0.717, 1.165) is 29.7 Å². The van der Waals surface area contributed by atoms with Gasteiger partial charge in [0.25, 0.3) is 5.91 Å². The number of hydrogen-bond donors (Lipinski definition) is 2. The first-order chi connectivity index (χ1) is 11.7. The third kappa shape index (κ3) is 2.89. The number of hydrogen-bond acceptors (Lipinski definition) is 3. The van der Waals surface area contributed by atoms with Crippen LogP contribution >= 0.6 is 11.3 Å². The standard InChI is InChI=1S/C20H23NO2S/c22-19(18-12-15-7-2-1-3-9-17(15)24-18)21-13-20(23)11-10-14-6-4-5-8-16(14)20/h4-6,8,12,23H,1-3,7,9-11,13H2,(H,21,22)/t20-/m1/s1. The molecule has 2 aromatic rings. The molecule has 126 valence electrons. The SMILES string of the molecule is O=C(NC[C@]1(O)CCc2ccccc21)c1cc2c(s1)CCCCC2. The molecule has 0 aliphatic heterocycles. The second kappa shape index (κ2) is 6.34. The van der Waals surface area contributed by atoms with Gasteiger partial charge in [-0.05, 0) is 61.3 Å². The van der Waals surface area contributed by atoms with Crippen LogP contribution in [0.2, 0.25) is 0 Å². The van der Waals surface area contributed by atoms with E-state index < -0.39 is 5.60 Å². The number of carbonyl (C=O) groups excluding carboxylic acids is 1. The van der Waals surface area contributed by atoms with Crippen molar-refractivity contribution in [1.29, 1.82) is 0 Å². The first-order valence-electron chi connectivity index (χ1n) is 8.86. The van der Waals surface area contributed by atoms with Gasteiger partial charge < -0.3 is 10.4 Å². The van der Waals surface area contributed by atoms with Crippen LogP contribution in [0.4, 0.5) is 0 Å². The average Bonchev–Trinajstić information content (AvgIpc) is 3.08. The molecule has 0 radical (unpaired) electrons. The van der Waals surface area contributed by atoms with Crippen LogP contribution in [0.3, 0.4) is 0 Å². The topological polar surface area (TPSA) is 49.3 Å². The Labute approximate surface area is 146 Å². The molecule has 0 bridgehead atoms. The van der Waals surface area contributed by atoms with Gasteiger partial charge in [0.2, 0.25) is 0 Å². The lowest BCUT2D eigenvalue weighted by atomic mass is 9.96. The molecule has 3 nitrogen and oxygen atoms in total. The number of carbonyl (C=O) groups is 1. The minimum absolute atomic E-state index is 0.0501. The van der Waals surface area contributed by atoms with E-state index >= 15 is 0 Å². The van der Waals surface area contributed by atoms with Gasteiger partial charge in [0.1, 0.15) is 5.60 Å². The molecule has 4 rings (SSSR count). The lowest BCUT2D eigenvalue weighted by Gasteiger charge is -2.24. The first-order valence-corrected chi connectivity index (χ1v) is 9.68. The molecule has 1 amide bonds. The summed E-state index contributed by atoms with van der Waals surface area (Å²) < 4.78 is 0. The zero-order valence-corrected chi connectivity index (χ0v) is 14.6.